The minimum absolute atomic E-state index is 0.440. The normalized spacial score (nSPS) is 20.8. The average molecular weight is 287 g/mol. The van der Waals surface area contributed by atoms with Gasteiger partial charge in [-0.3, -0.25) is 0 Å². The summed E-state index contributed by atoms with van der Waals surface area (Å²) in [6, 6.07) is 7.21. The maximum Gasteiger partial charge on any atom is 0.128 e. The van der Waals surface area contributed by atoms with Gasteiger partial charge in [0, 0.05) is 25.7 Å². The van der Waals surface area contributed by atoms with Crippen LogP contribution in [-0.2, 0) is 6.54 Å². The molecule has 1 aliphatic heterocycles. The van der Waals surface area contributed by atoms with Crippen molar-refractivity contribution in [2.45, 2.75) is 59.0 Å². The highest BCUT2D eigenvalue weighted by Gasteiger charge is 2.29. The Morgan fingerprint density at radius 1 is 1.14 bits per heavy atom. The van der Waals surface area contributed by atoms with Crippen molar-refractivity contribution < 1.29 is 0 Å². The zero-order valence-electron chi connectivity index (χ0n) is 13.7. The van der Waals surface area contributed by atoms with Crippen molar-refractivity contribution in [3.05, 3.63) is 23.9 Å². The summed E-state index contributed by atoms with van der Waals surface area (Å²) in [5.74, 6) is 2.01. The predicted octanol–water partition coefficient (Wildman–Crippen LogP) is 3.60. The molecule has 2 heterocycles. The highest BCUT2D eigenvalue weighted by atomic mass is 15.2. The smallest absolute Gasteiger partial charge is 0.128 e. The fourth-order valence-electron chi connectivity index (χ4n) is 3.25. The number of piperidine rings is 1. The van der Waals surface area contributed by atoms with E-state index in [0.717, 1.165) is 37.4 Å². The third-order valence-corrected chi connectivity index (χ3v) is 4.98. The number of nitrogens with one attached hydrogen (secondary N) is 1. The highest BCUT2D eigenvalue weighted by molar-refractivity contribution is 5.39. The molecule has 3 rings (SSSR count). The van der Waals surface area contributed by atoms with Crippen molar-refractivity contribution in [3.8, 4) is 0 Å². The largest absolute Gasteiger partial charge is 0.357 e. The third kappa shape index (κ3) is 3.97. The fraction of sp³-hybridized carbons (Fsp3) is 0.722. The number of hydrogen-bond donors (Lipinski definition) is 1. The second-order valence-corrected chi connectivity index (χ2v) is 7.77. The van der Waals surface area contributed by atoms with E-state index in [1.54, 1.807) is 0 Å². The molecule has 0 atom stereocenters. The number of nitrogens with zero attached hydrogens (tertiary/aromatic N) is 2. The maximum absolute atomic E-state index is 4.85. The third-order valence-electron chi connectivity index (χ3n) is 4.98. The number of hydrogen-bond acceptors (Lipinski definition) is 3. The molecular weight excluding hydrogens is 258 g/mol. The summed E-state index contributed by atoms with van der Waals surface area (Å²) in [6.45, 7) is 10.3. The van der Waals surface area contributed by atoms with Crippen LogP contribution in [0.15, 0.2) is 18.2 Å². The molecule has 1 aromatic rings. The van der Waals surface area contributed by atoms with Gasteiger partial charge in [0.05, 0.1) is 5.69 Å². The molecule has 116 valence electrons. The molecule has 21 heavy (non-hydrogen) atoms. The molecular formula is C18H29N3. The summed E-state index contributed by atoms with van der Waals surface area (Å²) >= 11 is 0. The molecule has 2 aliphatic rings. The quantitative estimate of drug-likeness (QED) is 0.917. The van der Waals surface area contributed by atoms with Gasteiger partial charge < -0.3 is 10.2 Å². The Morgan fingerprint density at radius 2 is 1.86 bits per heavy atom. The minimum atomic E-state index is 0.440. The first kappa shape index (κ1) is 14.8. The Morgan fingerprint density at radius 3 is 2.48 bits per heavy atom. The van der Waals surface area contributed by atoms with Crippen LogP contribution in [0, 0.1) is 11.3 Å². The van der Waals surface area contributed by atoms with Gasteiger partial charge >= 0.3 is 0 Å². The zero-order chi connectivity index (χ0) is 14.9. The van der Waals surface area contributed by atoms with Gasteiger partial charge in [-0.25, -0.2) is 4.98 Å². The summed E-state index contributed by atoms with van der Waals surface area (Å²) < 4.78 is 0. The summed E-state index contributed by atoms with van der Waals surface area (Å²) in [5, 5.41) is 3.55. The van der Waals surface area contributed by atoms with Crippen LogP contribution >= 0.6 is 0 Å². The molecule has 0 bridgehead atoms. The summed E-state index contributed by atoms with van der Waals surface area (Å²) in [7, 11) is 0. The van der Waals surface area contributed by atoms with Crippen molar-refractivity contribution in [2.24, 2.45) is 11.3 Å². The molecule has 3 nitrogen and oxygen atoms in total. The van der Waals surface area contributed by atoms with Gasteiger partial charge in [-0.15, -0.1) is 0 Å². The maximum atomic E-state index is 4.85. The monoisotopic (exact) mass is 287 g/mol. The molecule has 1 N–H and O–H groups in total. The van der Waals surface area contributed by atoms with Gasteiger partial charge in [0.25, 0.3) is 0 Å². The van der Waals surface area contributed by atoms with E-state index >= 15 is 0 Å². The molecule has 0 amide bonds. The van der Waals surface area contributed by atoms with E-state index in [-0.39, 0.29) is 0 Å². The van der Waals surface area contributed by atoms with Gasteiger partial charge in [-0.05, 0) is 49.1 Å². The second-order valence-electron chi connectivity index (χ2n) is 7.77. The lowest BCUT2D eigenvalue weighted by atomic mass is 9.75. The van der Waals surface area contributed by atoms with Crippen LogP contribution in [0.3, 0.4) is 0 Å². The van der Waals surface area contributed by atoms with Crippen LogP contribution in [-0.4, -0.2) is 24.1 Å². The second kappa shape index (κ2) is 5.96. The van der Waals surface area contributed by atoms with E-state index in [4.69, 9.17) is 4.98 Å². The average Bonchev–Trinajstić information content (AvgIpc) is 3.29. The van der Waals surface area contributed by atoms with Gasteiger partial charge in [-0.2, -0.15) is 0 Å². The first-order valence-electron chi connectivity index (χ1n) is 8.46. The van der Waals surface area contributed by atoms with Crippen molar-refractivity contribution >= 4 is 5.82 Å². The number of anilines is 1. The lowest BCUT2D eigenvalue weighted by molar-refractivity contribution is 0.198. The Labute approximate surface area is 129 Å². The molecule has 0 radical (unpaired) electrons. The number of pyridine rings is 1. The molecule has 3 heteroatoms. The Kier molecular flexibility index (Phi) is 4.21. The fourth-order valence-corrected chi connectivity index (χ4v) is 3.25. The van der Waals surface area contributed by atoms with Gasteiger partial charge in [-0.1, -0.05) is 26.8 Å². The predicted molar refractivity (Wildman–Crippen MR) is 88.5 cm³/mol. The minimum Gasteiger partial charge on any atom is -0.357 e. The zero-order valence-corrected chi connectivity index (χ0v) is 13.7. The van der Waals surface area contributed by atoms with Crippen molar-refractivity contribution in [2.75, 3.05) is 18.0 Å². The van der Waals surface area contributed by atoms with E-state index in [9.17, 15) is 0 Å². The first-order chi connectivity index (χ1) is 10.0. The number of aromatic nitrogens is 1. The van der Waals surface area contributed by atoms with Gasteiger partial charge in [0.2, 0.25) is 0 Å². The van der Waals surface area contributed by atoms with E-state index in [1.165, 1.54) is 31.4 Å². The van der Waals surface area contributed by atoms with Crippen molar-refractivity contribution in [1.29, 1.82) is 0 Å². The van der Waals surface area contributed by atoms with E-state index in [1.807, 2.05) is 0 Å². The Balaban J connectivity index is 1.58. The lowest BCUT2D eigenvalue weighted by Crippen LogP contribution is -2.38. The van der Waals surface area contributed by atoms with Crippen LogP contribution in [0.4, 0.5) is 5.82 Å². The van der Waals surface area contributed by atoms with Crippen LogP contribution < -0.4 is 10.2 Å². The molecule has 1 aliphatic carbocycles. The molecule has 1 saturated heterocycles. The van der Waals surface area contributed by atoms with E-state index in [2.05, 4.69) is 49.2 Å². The Bertz CT molecular complexity index is 466. The van der Waals surface area contributed by atoms with Crippen LogP contribution in [0.5, 0.6) is 0 Å². The summed E-state index contributed by atoms with van der Waals surface area (Å²) in [6.07, 6.45) is 5.24. The van der Waals surface area contributed by atoms with Crippen LogP contribution in [0.25, 0.3) is 0 Å². The molecule has 0 unspecified atom stereocenters. The first-order valence-corrected chi connectivity index (χ1v) is 8.46. The number of rotatable bonds is 4. The van der Waals surface area contributed by atoms with Crippen molar-refractivity contribution in [3.63, 3.8) is 0 Å². The van der Waals surface area contributed by atoms with Crippen molar-refractivity contribution in [1.82, 2.24) is 10.3 Å². The molecule has 1 saturated carbocycles. The standard InChI is InChI=1S/C18H29N3/c1-18(2,3)14-9-11-21(12-10-14)17-6-4-5-16(20-17)13-19-15-7-8-15/h4-6,14-15,19H,7-13H2,1-3H3. The molecule has 2 fully saturated rings. The summed E-state index contributed by atoms with van der Waals surface area (Å²) in [5.41, 5.74) is 1.62. The van der Waals surface area contributed by atoms with Crippen LogP contribution in [0.1, 0.15) is 52.1 Å². The van der Waals surface area contributed by atoms with Gasteiger partial charge in [0.1, 0.15) is 5.82 Å². The molecule has 1 aromatic heterocycles. The molecule has 0 aromatic carbocycles. The Hall–Kier alpha value is -1.09. The van der Waals surface area contributed by atoms with Gasteiger partial charge in [0.15, 0.2) is 0 Å². The van der Waals surface area contributed by atoms with E-state index in [0.29, 0.717) is 5.41 Å². The van der Waals surface area contributed by atoms with Crippen LogP contribution in [0.2, 0.25) is 0 Å². The SMILES string of the molecule is CC(C)(C)C1CCN(c2cccc(CNC3CC3)n2)CC1. The highest BCUT2D eigenvalue weighted by Crippen LogP contribution is 2.35. The van der Waals surface area contributed by atoms with E-state index < -0.39 is 0 Å². The topological polar surface area (TPSA) is 28.2 Å². The molecule has 0 spiro atoms. The summed E-state index contributed by atoms with van der Waals surface area (Å²) in [4.78, 5) is 7.31. The lowest BCUT2D eigenvalue weighted by Gasteiger charge is -2.39.